The number of esters is 1. The number of nitrogens with one attached hydrogen (secondary N) is 1. The number of sulfonamides is 1. The SMILES string of the molecule is CC(C)C[C@@H](NS(=O)(=O)c1ccc(OCc2ccccc2)cc1[N+](=O)[O-])C(=O)OC(C)(C)C. The standard InChI is InChI=1S/C23H30N2O7S/c1-16(2)13-19(22(26)32-23(3,4)5)24-33(29,30)21-12-11-18(14-20(21)25(27)28)31-15-17-9-7-6-8-10-17/h6-12,14,16,19,24H,13,15H2,1-5H3/t19-/m1/s1. The van der Waals surface area contributed by atoms with Gasteiger partial charge in [0, 0.05) is 0 Å². The summed E-state index contributed by atoms with van der Waals surface area (Å²) in [6.07, 6.45) is 0.167. The van der Waals surface area contributed by atoms with Crippen molar-refractivity contribution < 1.29 is 27.6 Å². The van der Waals surface area contributed by atoms with E-state index >= 15 is 0 Å². The Morgan fingerprint density at radius 1 is 1.12 bits per heavy atom. The summed E-state index contributed by atoms with van der Waals surface area (Å²) in [6, 6.07) is 11.5. The van der Waals surface area contributed by atoms with E-state index in [1.54, 1.807) is 20.8 Å². The number of nitro benzene ring substituents is 1. The van der Waals surface area contributed by atoms with E-state index in [0.717, 1.165) is 17.7 Å². The average molecular weight is 479 g/mol. The zero-order valence-electron chi connectivity index (χ0n) is 19.4. The summed E-state index contributed by atoms with van der Waals surface area (Å²) >= 11 is 0. The molecule has 0 saturated heterocycles. The Hall–Kier alpha value is -2.98. The van der Waals surface area contributed by atoms with Crippen molar-refractivity contribution in [1.82, 2.24) is 4.72 Å². The molecule has 9 nitrogen and oxygen atoms in total. The number of hydrogen-bond acceptors (Lipinski definition) is 7. The molecule has 1 atom stereocenters. The summed E-state index contributed by atoms with van der Waals surface area (Å²) in [5, 5.41) is 11.6. The third-order valence-electron chi connectivity index (χ3n) is 4.36. The second kappa shape index (κ2) is 10.8. The molecule has 0 heterocycles. The van der Waals surface area contributed by atoms with Crippen LogP contribution in [0.1, 0.15) is 46.6 Å². The quantitative estimate of drug-likeness (QED) is 0.308. The zero-order valence-corrected chi connectivity index (χ0v) is 20.2. The fraction of sp³-hybridized carbons (Fsp3) is 0.435. The molecule has 0 fully saturated rings. The maximum atomic E-state index is 13.0. The number of ether oxygens (including phenoxy) is 2. The Bertz CT molecular complexity index is 1080. The van der Waals surface area contributed by atoms with Gasteiger partial charge in [0.1, 0.15) is 24.0 Å². The van der Waals surface area contributed by atoms with Crippen molar-refractivity contribution in [2.24, 2.45) is 5.92 Å². The van der Waals surface area contributed by atoms with Crippen LogP contribution in [0.15, 0.2) is 53.4 Å². The Kier molecular flexibility index (Phi) is 8.57. The van der Waals surface area contributed by atoms with E-state index in [-0.39, 0.29) is 24.7 Å². The topological polar surface area (TPSA) is 125 Å². The first-order valence-corrected chi connectivity index (χ1v) is 12.0. The molecular weight excluding hydrogens is 448 g/mol. The summed E-state index contributed by atoms with van der Waals surface area (Å²) in [7, 11) is -4.41. The van der Waals surface area contributed by atoms with E-state index < -0.39 is 43.1 Å². The molecule has 0 unspecified atom stereocenters. The molecule has 2 aromatic rings. The minimum absolute atomic E-state index is 0.0334. The number of hydrogen-bond donors (Lipinski definition) is 1. The van der Waals surface area contributed by atoms with Crippen molar-refractivity contribution in [3.63, 3.8) is 0 Å². The van der Waals surface area contributed by atoms with Crippen LogP contribution < -0.4 is 9.46 Å². The Morgan fingerprint density at radius 3 is 2.30 bits per heavy atom. The number of carbonyl (C=O) groups excluding carboxylic acids is 1. The summed E-state index contributed by atoms with van der Waals surface area (Å²) in [6.45, 7) is 8.83. The van der Waals surface area contributed by atoms with Crippen molar-refractivity contribution >= 4 is 21.7 Å². The van der Waals surface area contributed by atoms with Gasteiger partial charge in [0.25, 0.3) is 5.69 Å². The van der Waals surface area contributed by atoms with Crippen LogP contribution in [-0.2, 0) is 26.2 Å². The summed E-state index contributed by atoms with van der Waals surface area (Å²) in [5.41, 5.74) is -0.616. The van der Waals surface area contributed by atoms with Gasteiger partial charge in [-0.05, 0) is 50.8 Å². The fourth-order valence-corrected chi connectivity index (χ4v) is 4.34. The number of carbonyl (C=O) groups is 1. The third kappa shape index (κ3) is 8.14. The third-order valence-corrected chi connectivity index (χ3v) is 5.88. The highest BCUT2D eigenvalue weighted by Crippen LogP contribution is 2.29. The average Bonchev–Trinajstić information content (AvgIpc) is 2.70. The van der Waals surface area contributed by atoms with E-state index in [1.165, 1.54) is 6.07 Å². The van der Waals surface area contributed by atoms with Gasteiger partial charge >= 0.3 is 5.97 Å². The highest BCUT2D eigenvalue weighted by atomic mass is 32.2. The zero-order chi connectivity index (χ0) is 24.8. The lowest BCUT2D eigenvalue weighted by Crippen LogP contribution is -2.44. The maximum Gasteiger partial charge on any atom is 0.324 e. The molecule has 2 aromatic carbocycles. The normalized spacial score (nSPS) is 12.9. The van der Waals surface area contributed by atoms with Gasteiger partial charge < -0.3 is 9.47 Å². The summed E-state index contributed by atoms with van der Waals surface area (Å²) in [5.74, 6) is -0.630. The van der Waals surface area contributed by atoms with Gasteiger partial charge in [-0.25, -0.2) is 8.42 Å². The number of rotatable bonds is 10. The predicted octanol–water partition coefficient (Wildman–Crippen LogP) is 4.21. The van der Waals surface area contributed by atoms with Gasteiger partial charge in [-0.1, -0.05) is 44.2 Å². The molecule has 1 N–H and O–H groups in total. The largest absolute Gasteiger partial charge is 0.489 e. The van der Waals surface area contributed by atoms with Crippen molar-refractivity contribution in [1.29, 1.82) is 0 Å². The van der Waals surface area contributed by atoms with Crippen LogP contribution in [0.5, 0.6) is 5.75 Å². The highest BCUT2D eigenvalue weighted by molar-refractivity contribution is 7.89. The molecule has 0 aromatic heterocycles. The molecule has 0 saturated carbocycles. The number of nitrogens with zero attached hydrogens (tertiary/aromatic N) is 1. The second-order valence-corrected chi connectivity index (χ2v) is 10.7. The minimum Gasteiger partial charge on any atom is -0.489 e. The predicted molar refractivity (Wildman–Crippen MR) is 123 cm³/mol. The molecule has 0 aliphatic carbocycles. The summed E-state index contributed by atoms with van der Waals surface area (Å²) < 4.78 is 39.3. The first-order chi connectivity index (χ1) is 15.3. The van der Waals surface area contributed by atoms with Gasteiger partial charge in [0.05, 0.1) is 11.0 Å². The molecule has 0 bridgehead atoms. The lowest BCUT2D eigenvalue weighted by atomic mass is 10.0. The Labute approximate surface area is 194 Å². The van der Waals surface area contributed by atoms with Crippen LogP contribution in [0.3, 0.4) is 0 Å². The molecule has 0 amide bonds. The van der Waals surface area contributed by atoms with Crippen LogP contribution in [0.4, 0.5) is 5.69 Å². The lowest BCUT2D eigenvalue weighted by Gasteiger charge is -2.25. The van der Waals surface area contributed by atoms with Gasteiger partial charge in [-0.15, -0.1) is 0 Å². The molecule has 33 heavy (non-hydrogen) atoms. The van der Waals surface area contributed by atoms with Crippen LogP contribution in [0, 0.1) is 16.0 Å². The van der Waals surface area contributed by atoms with E-state index in [1.807, 2.05) is 44.2 Å². The summed E-state index contributed by atoms with van der Waals surface area (Å²) in [4.78, 5) is 22.9. The van der Waals surface area contributed by atoms with E-state index in [9.17, 15) is 23.3 Å². The monoisotopic (exact) mass is 478 g/mol. The van der Waals surface area contributed by atoms with E-state index in [0.29, 0.717) is 0 Å². The van der Waals surface area contributed by atoms with E-state index in [4.69, 9.17) is 9.47 Å². The van der Waals surface area contributed by atoms with Crippen molar-refractivity contribution in [3.8, 4) is 5.75 Å². The molecule has 0 aliphatic rings. The first-order valence-electron chi connectivity index (χ1n) is 10.5. The molecule has 0 radical (unpaired) electrons. The fourth-order valence-electron chi connectivity index (χ4n) is 2.99. The number of benzene rings is 2. The van der Waals surface area contributed by atoms with Crippen molar-refractivity contribution in [3.05, 3.63) is 64.2 Å². The minimum atomic E-state index is -4.41. The number of nitro groups is 1. The van der Waals surface area contributed by atoms with Gasteiger partial charge in [0.15, 0.2) is 4.90 Å². The molecular formula is C23H30N2O7S. The molecule has 2 rings (SSSR count). The van der Waals surface area contributed by atoms with Gasteiger partial charge in [0.2, 0.25) is 10.0 Å². The second-order valence-electron chi connectivity index (χ2n) is 9.00. The lowest BCUT2D eigenvalue weighted by molar-refractivity contribution is -0.387. The van der Waals surface area contributed by atoms with E-state index in [2.05, 4.69) is 4.72 Å². The van der Waals surface area contributed by atoms with Gasteiger partial charge in [-0.3, -0.25) is 14.9 Å². The molecule has 180 valence electrons. The highest BCUT2D eigenvalue weighted by Gasteiger charge is 2.34. The van der Waals surface area contributed by atoms with Crippen LogP contribution in [-0.4, -0.2) is 31.0 Å². The van der Waals surface area contributed by atoms with Crippen molar-refractivity contribution in [2.45, 2.75) is 64.2 Å². The maximum absolute atomic E-state index is 13.0. The molecule has 0 aliphatic heterocycles. The van der Waals surface area contributed by atoms with Crippen molar-refractivity contribution in [2.75, 3.05) is 0 Å². The smallest absolute Gasteiger partial charge is 0.324 e. The van der Waals surface area contributed by atoms with Gasteiger partial charge in [-0.2, -0.15) is 4.72 Å². The first kappa shape index (κ1) is 26.3. The van der Waals surface area contributed by atoms with Crippen LogP contribution in [0.2, 0.25) is 0 Å². The Balaban J connectivity index is 2.31. The molecule has 10 heteroatoms. The van der Waals surface area contributed by atoms with Crippen LogP contribution in [0.25, 0.3) is 0 Å². The molecule has 0 spiro atoms. The Morgan fingerprint density at radius 2 is 1.76 bits per heavy atom. The van der Waals surface area contributed by atoms with Crippen LogP contribution >= 0.6 is 0 Å².